The van der Waals surface area contributed by atoms with Gasteiger partial charge in [-0.25, -0.2) is 9.59 Å². The molecule has 0 radical (unpaired) electrons. The van der Waals surface area contributed by atoms with E-state index in [1.807, 2.05) is 13.8 Å². The molecular weight excluding hydrogens is 406 g/mol. The lowest BCUT2D eigenvalue weighted by Crippen LogP contribution is -2.53. The predicted octanol–water partition coefficient (Wildman–Crippen LogP) is 5.35. The molecule has 6 heteroatoms. The minimum absolute atomic E-state index is 0.127. The molecular formula is C26H33NO5. The zero-order valence-electron chi connectivity index (χ0n) is 19.8. The Hall–Kier alpha value is -3.28. The molecule has 2 rings (SSSR count). The van der Waals surface area contributed by atoms with Crippen molar-refractivity contribution in [3.05, 3.63) is 77.4 Å². The molecule has 0 bridgehead atoms. The van der Waals surface area contributed by atoms with Gasteiger partial charge in [0.25, 0.3) is 0 Å². The molecule has 1 amide bonds. The zero-order valence-corrected chi connectivity index (χ0v) is 19.8. The molecule has 0 saturated carbocycles. The summed E-state index contributed by atoms with van der Waals surface area (Å²) in [6.45, 7) is 13.5. The minimum Gasteiger partial charge on any atom is -0.489 e. The van der Waals surface area contributed by atoms with Gasteiger partial charge >= 0.3 is 12.1 Å². The van der Waals surface area contributed by atoms with Crippen LogP contribution in [0.15, 0.2) is 55.1 Å². The van der Waals surface area contributed by atoms with Gasteiger partial charge in [0.15, 0.2) is 5.54 Å². The van der Waals surface area contributed by atoms with Crippen LogP contribution in [0.4, 0.5) is 4.79 Å². The summed E-state index contributed by atoms with van der Waals surface area (Å²) in [7, 11) is 1.28. The van der Waals surface area contributed by atoms with E-state index in [2.05, 4.69) is 30.1 Å². The molecule has 1 N–H and O–H groups in total. The summed E-state index contributed by atoms with van der Waals surface area (Å²) in [5.74, 6) is 0.0246. The van der Waals surface area contributed by atoms with Gasteiger partial charge in [0.05, 0.1) is 7.11 Å². The molecule has 1 unspecified atom stereocenters. The lowest BCUT2D eigenvalue weighted by Gasteiger charge is -2.32. The molecule has 0 aromatic heterocycles. The van der Waals surface area contributed by atoms with Crippen LogP contribution >= 0.6 is 0 Å². The number of alkyl carbamates (subject to hydrolysis) is 1. The first-order valence-electron chi connectivity index (χ1n) is 10.5. The van der Waals surface area contributed by atoms with Gasteiger partial charge in [0, 0.05) is 6.42 Å². The van der Waals surface area contributed by atoms with Gasteiger partial charge in [0.1, 0.15) is 18.0 Å². The highest BCUT2D eigenvalue weighted by atomic mass is 16.6. The lowest BCUT2D eigenvalue weighted by atomic mass is 9.86. The van der Waals surface area contributed by atoms with Crippen LogP contribution in [0, 0.1) is 13.8 Å². The fourth-order valence-corrected chi connectivity index (χ4v) is 3.31. The predicted molar refractivity (Wildman–Crippen MR) is 125 cm³/mol. The molecule has 0 spiro atoms. The maximum Gasteiger partial charge on any atom is 0.408 e. The molecule has 0 aliphatic rings. The third-order valence-corrected chi connectivity index (χ3v) is 4.94. The number of rotatable bonds is 8. The van der Waals surface area contributed by atoms with Gasteiger partial charge < -0.3 is 19.5 Å². The second-order valence-electron chi connectivity index (χ2n) is 8.76. The normalized spacial score (nSPS) is 12.9. The van der Waals surface area contributed by atoms with Gasteiger partial charge in [0.2, 0.25) is 0 Å². The molecule has 0 heterocycles. The summed E-state index contributed by atoms with van der Waals surface area (Å²) in [5, 5.41) is 2.70. The molecule has 0 saturated heterocycles. The number of hydrogen-bond acceptors (Lipinski definition) is 5. The first kappa shape index (κ1) is 25.0. The van der Waals surface area contributed by atoms with Gasteiger partial charge in [-0.3, -0.25) is 0 Å². The fourth-order valence-electron chi connectivity index (χ4n) is 3.31. The van der Waals surface area contributed by atoms with E-state index in [-0.39, 0.29) is 6.42 Å². The highest BCUT2D eigenvalue weighted by Gasteiger charge is 2.43. The number of carbonyl (C=O) groups excluding carboxylic acids is 2. The van der Waals surface area contributed by atoms with Crippen molar-refractivity contribution in [3.63, 3.8) is 0 Å². The van der Waals surface area contributed by atoms with E-state index in [9.17, 15) is 9.59 Å². The first-order valence-corrected chi connectivity index (χ1v) is 10.5. The molecule has 32 heavy (non-hydrogen) atoms. The number of carbonyl (C=O) groups is 2. The molecule has 0 fully saturated rings. The van der Waals surface area contributed by atoms with E-state index < -0.39 is 23.2 Å². The number of hydrogen-bond donors (Lipinski definition) is 1. The van der Waals surface area contributed by atoms with Crippen LogP contribution in [0.3, 0.4) is 0 Å². The average molecular weight is 440 g/mol. The Morgan fingerprint density at radius 2 is 1.72 bits per heavy atom. The van der Waals surface area contributed by atoms with Crippen LogP contribution in [0.1, 0.15) is 49.4 Å². The number of benzene rings is 2. The maximum atomic E-state index is 12.8. The van der Waals surface area contributed by atoms with Gasteiger partial charge in [-0.15, -0.1) is 6.58 Å². The van der Waals surface area contributed by atoms with E-state index >= 15 is 0 Å². The van der Waals surface area contributed by atoms with E-state index in [1.165, 1.54) is 12.7 Å². The summed E-state index contributed by atoms with van der Waals surface area (Å²) in [6.07, 6.45) is 0.959. The van der Waals surface area contributed by atoms with Gasteiger partial charge in [-0.1, -0.05) is 42.0 Å². The van der Waals surface area contributed by atoms with Crippen LogP contribution in [0.5, 0.6) is 5.75 Å². The Morgan fingerprint density at radius 3 is 2.28 bits per heavy atom. The third-order valence-electron chi connectivity index (χ3n) is 4.94. The standard InChI is InChI=1S/C26H33NO5/c1-8-15-26(23(28)30-7,27-24(29)32-25(4,5)6)21-11-13-22(14-12-21)31-17-20-16-18(2)9-10-19(20)3/h8-14,16H,1,15,17H2,2-7H3,(H,27,29). The summed E-state index contributed by atoms with van der Waals surface area (Å²) in [4.78, 5) is 25.3. The van der Waals surface area contributed by atoms with Crippen molar-refractivity contribution in [2.75, 3.05) is 7.11 Å². The Bertz CT molecular complexity index is 959. The Kier molecular flexibility index (Phi) is 8.08. The van der Waals surface area contributed by atoms with E-state index in [1.54, 1.807) is 51.1 Å². The minimum atomic E-state index is -1.47. The monoisotopic (exact) mass is 439 g/mol. The summed E-state index contributed by atoms with van der Waals surface area (Å²) in [6, 6.07) is 13.2. The van der Waals surface area contributed by atoms with Gasteiger partial charge in [-0.05, 0) is 63.4 Å². The smallest absolute Gasteiger partial charge is 0.408 e. The van der Waals surface area contributed by atoms with Crippen LogP contribution in [-0.2, 0) is 26.4 Å². The fraction of sp³-hybridized carbons (Fsp3) is 0.385. The average Bonchev–Trinajstić information content (AvgIpc) is 2.72. The molecule has 2 aromatic carbocycles. The number of esters is 1. The van der Waals surface area contributed by atoms with Crippen molar-refractivity contribution in [1.29, 1.82) is 0 Å². The first-order chi connectivity index (χ1) is 15.0. The van der Waals surface area contributed by atoms with E-state index in [0.717, 1.165) is 11.1 Å². The SMILES string of the molecule is C=CCC(NC(=O)OC(C)(C)C)(C(=O)OC)c1ccc(OCc2cc(C)ccc2C)cc1. The summed E-state index contributed by atoms with van der Waals surface area (Å²) in [5.41, 5.74) is 1.79. The summed E-state index contributed by atoms with van der Waals surface area (Å²) < 4.78 is 16.3. The largest absolute Gasteiger partial charge is 0.489 e. The number of amides is 1. The van der Waals surface area contributed by atoms with Crippen LogP contribution < -0.4 is 10.1 Å². The van der Waals surface area contributed by atoms with Crippen molar-refractivity contribution in [3.8, 4) is 5.75 Å². The quantitative estimate of drug-likeness (QED) is 0.443. The topological polar surface area (TPSA) is 73.9 Å². The van der Waals surface area contributed by atoms with Crippen molar-refractivity contribution in [2.24, 2.45) is 0 Å². The molecule has 172 valence electrons. The third kappa shape index (κ3) is 6.36. The second kappa shape index (κ2) is 10.4. The molecule has 1 atom stereocenters. The molecule has 2 aromatic rings. The van der Waals surface area contributed by atoms with Crippen molar-refractivity contribution < 1.29 is 23.8 Å². The molecule has 0 aliphatic heterocycles. The van der Waals surface area contributed by atoms with Crippen molar-refractivity contribution in [2.45, 2.75) is 58.8 Å². The number of aryl methyl sites for hydroxylation is 2. The van der Waals surface area contributed by atoms with Gasteiger partial charge in [-0.2, -0.15) is 0 Å². The zero-order chi connectivity index (χ0) is 23.9. The number of methoxy groups -OCH3 is 1. The number of nitrogens with one attached hydrogen (secondary N) is 1. The molecule has 6 nitrogen and oxygen atoms in total. The van der Waals surface area contributed by atoms with E-state index in [0.29, 0.717) is 17.9 Å². The highest BCUT2D eigenvalue weighted by Crippen LogP contribution is 2.30. The summed E-state index contributed by atoms with van der Waals surface area (Å²) >= 11 is 0. The van der Waals surface area contributed by atoms with E-state index in [4.69, 9.17) is 14.2 Å². The van der Waals surface area contributed by atoms with Crippen LogP contribution in [0.2, 0.25) is 0 Å². The second-order valence-corrected chi connectivity index (χ2v) is 8.76. The Labute approximate surface area is 190 Å². The Balaban J connectivity index is 2.29. The maximum absolute atomic E-state index is 12.8. The Morgan fingerprint density at radius 1 is 1.06 bits per heavy atom. The van der Waals surface area contributed by atoms with Crippen LogP contribution in [0.25, 0.3) is 0 Å². The molecule has 0 aliphatic carbocycles. The van der Waals surface area contributed by atoms with Crippen molar-refractivity contribution >= 4 is 12.1 Å². The highest BCUT2D eigenvalue weighted by molar-refractivity contribution is 5.87. The van der Waals surface area contributed by atoms with Crippen LogP contribution in [-0.4, -0.2) is 24.8 Å². The number of ether oxygens (including phenoxy) is 3. The van der Waals surface area contributed by atoms with Crippen molar-refractivity contribution in [1.82, 2.24) is 5.32 Å². The lowest BCUT2D eigenvalue weighted by molar-refractivity contribution is -0.149.